The fraction of sp³-hybridized carbons (Fsp3) is 0.647. The summed E-state index contributed by atoms with van der Waals surface area (Å²) in [6, 6.07) is 7.01. The lowest BCUT2D eigenvalue weighted by Gasteiger charge is -2.41. The molecule has 1 atom stereocenters. The highest BCUT2D eigenvalue weighted by molar-refractivity contribution is 5.39. The average Bonchev–Trinajstić information content (AvgIpc) is 2.55. The maximum atomic E-state index is 5.42. The predicted molar refractivity (Wildman–Crippen MR) is 85.7 cm³/mol. The molecule has 0 unspecified atom stereocenters. The summed E-state index contributed by atoms with van der Waals surface area (Å²) in [5, 5.41) is 3.57. The number of ether oxygens (including phenoxy) is 1. The number of benzene rings is 1. The van der Waals surface area contributed by atoms with E-state index in [9.17, 15) is 0 Å². The Morgan fingerprint density at radius 1 is 1.24 bits per heavy atom. The summed E-state index contributed by atoms with van der Waals surface area (Å²) in [6.07, 6.45) is 1.25. The Bertz CT molecular complexity index is 469. The summed E-state index contributed by atoms with van der Waals surface area (Å²) in [4.78, 5) is 5.22. The first-order valence-electron chi connectivity index (χ1n) is 8.15. The second kappa shape index (κ2) is 6.77. The lowest BCUT2D eigenvalue weighted by molar-refractivity contribution is 0.0917. The molecule has 2 aliphatic heterocycles. The van der Waals surface area contributed by atoms with E-state index >= 15 is 0 Å². The van der Waals surface area contributed by atoms with Crippen LogP contribution in [0, 0.1) is 0 Å². The average molecular weight is 289 g/mol. The van der Waals surface area contributed by atoms with Crippen LogP contribution in [-0.4, -0.2) is 56.2 Å². The van der Waals surface area contributed by atoms with Gasteiger partial charge in [0.15, 0.2) is 0 Å². The zero-order valence-electron chi connectivity index (χ0n) is 13.3. The molecule has 0 radical (unpaired) electrons. The van der Waals surface area contributed by atoms with Crippen molar-refractivity contribution in [2.75, 3.05) is 46.4 Å². The van der Waals surface area contributed by atoms with E-state index in [2.05, 4.69) is 40.2 Å². The molecule has 1 saturated heterocycles. The summed E-state index contributed by atoms with van der Waals surface area (Å²) < 4.78 is 5.42. The SMILES string of the molecule is CCCN1CCN([C@@H]2CNCc3ccc(OC)cc32)CC1. The van der Waals surface area contributed by atoms with E-state index in [1.165, 1.54) is 50.3 Å². The molecule has 1 N–H and O–H groups in total. The third-order valence-corrected chi connectivity index (χ3v) is 4.75. The van der Waals surface area contributed by atoms with Crippen LogP contribution >= 0.6 is 0 Å². The molecule has 1 aromatic carbocycles. The first kappa shape index (κ1) is 14.8. The molecule has 0 aromatic heterocycles. The van der Waals surface area contributed by atoms with Gasteiger partial charge in [0.25, 0.3) is 0 Å². The molecule has 2 aliphatic rings. The van der Waals surface area contributed by atoms with Crippen molar-refractivity contribution in [3.05, 3.63) is 29.3 Å². The Labute approximate surface area is 128 Å². The smallest absolute Gasteiger partial charge is 0.119 e. The van der Waals surface area contributed by atoms with Crippen molar-refractivity contribution >= 4 is 0 Å². The van der Waals surface area contributed by atoms with Gasteiger partial charge in [-0.2, -0.15) is 0 Å². The van der Waals surface area contributed by atoms with Gasteiger partial charge in [-0.15, -0.1) is 0 Å². The number of rotatable bonds is 4. The fourth-order valence-corrected chi connectivity index (χ4v) is 3.57. The zero-order chi connectivity index (χ0) is 14.7. The number of nitrogens with one attached hydrogen (secondary N) is 1. The van der Waals surface area contributed by atoms with E-state index < -0.39 is 0 Å². The second-order valence-corrected chi connectivity index (χ2v) is 6.09. The monoisotopic (exact) mass is 289 g/mol. The first-order valence-corrected chi connectivity index (χ1v) is 8.15. The molecule has 1 fully saturated rings. The normalized spacial score (nSPS) is 23.8. The maximum absolute atomic E-state index is 5.42. The molecule has 4 nitrogen and oxygen atoms in total. The lowest BCUT2D eigenvalue weighted by Crippen LogP contribution is -2.50. The van der Waals surface area contributed by atoms with Crippen LogP contribution in [-0.2, 0) is 6.54 Å². The molecule has 1 aromatic rings. The molecule has 4 heteroatoms. The highest BCUT2D eigenvalue weighted by atomic mass is 16.5. The number of fused-ring (bicyclic) bond motifs is 1. The topological polar surface area (TPSA) is 27.7 Å². The van der Waals surface area contributed by atoms with Crippen molar-refractivity contribution in [1.82, 2.24) is 15.1 Å². The largest absolute Gasteiger partial charge is 0.497 e. The van der Waals surface area contributed by atoms with Crippen LogP contribution in [0.1, 0.15) is 30.5 Å². The first-order chi connectivity index (χ1) is 10.3. The van der Waals surface area contributed by atoms with E-state index in [4.69, 9.17) is 4.74 Å². The van der Waals surface area contributed by atoms with Crippen molar-refractivity contribution in [2.45, 2.75) is 25.9 Å². The van der Waals surface area contributed by atoms with Crippen molar-refractivity contribution in [1.29, 1.82) is 0 Å². The maximum Gasteiger partial charge on any atom is 0.119 e. The standard InChI is InChI=1S/C17H27N3O/c1-3-6-19-7-9-20(10-8-19)17-13-18-12-14-4-5-15(21-2)11-16(14)17/h4-5,11,17-18H,3,6-10,12-13H2,1-2H3/t17-/m1/s1. The number of piperazine rings is 1. The van der Waals surface area contributed by atoms with E-state index in [1.807, 2.05) is 0 Å². The third kappa shape index (κ3) is 3.23. The second-order valence-electron chi connectivity index (χ2n) is 6.09. The quantitative estimate of drug-likeness (QED) is 0.916. The van der Waals surface area contributed by atoms with Crippen LogP contribution in [0.3, 0.4) is 0 Å². The van der Waals surface area contributed by atoms with Gasteiger partial charge in [0.05, 0.1) is 7.11 Å². The summed E-state index contributed by atoms with van der Waals surface area (Å²) in [7, 11) is 1.75. The molecular weight excluding hydrogens is 262 g/mol. The predicted octanol–water partition coefficient (Wildman–Crippen LogP) is 1.87. The van der Waals surface area contributed by atoms with Crippen molar-refractivity contribution in [3.63, 3.8) is 0 Å². The minimum absolute atomic E-state index is 0.493. The molecule has 0 amide bonds. The highest BCUT2D eigenvalue weighted by Gasteiger charge is 2.28. The Hall–Kier alpha value is -1.10. The highest BCUT2D eigenvalue weighted by Crippen LogP contribution is 2.31. The van der Waals surface area contributed by atoms with Gasteiger partial charge >= 0.3 is 0 Å². The van der Waals surface area contributed by atoms with E-state index in [1.54, 1.807) is 7.11 Å². The van der Waals surface area contributed by atoms with Gasteiger partial charge in [0.1, 0.15) is 5.75 Å². The number of hydrogen-bond donors (Lipinski definition) is 1. The minimum atomic E-state index is 0.493. The number of nitrogens with zero attached hydrogens (tertiary/aromatic N) is 2. The molecule has 116 valence electrons. The molecule has 0 aliphatic carbocycles. The summed E-state index contributed by atoms with van der Waals surface area (Å²) in [5.74, 6) is 0.977. The van der Waals surface area contributed by atoms with Gasteiger partial charge in [-0.3, -0.25) is 4.90 Å². The Morgan fingerprint density at radius 3 is 2.76 bits per heavy atom. The van der Waals surface area contributed by atoms with Crippen molar-refractivity contribution in [3.8, 4) is 5.75 Å². The minimum Gasteiger partial charge on any atom is -0.497 e. The molecular formula is C17H27N3O. The molecule has 2 heterocycles. The molecule has 3 rings (SSSR count). The Balaban J connectivity index is 1.73. The van der Waals surface area contributed by atoms with Crippen LogP contribution in [0.4, 0.5) is 0 Å². The molecule has 0 spiro atoms. The van der Waals surface area contributed by atoms with Crippen LogP contribution in [0.15, 0.2) is 18.2 Å². The summed E-state index contributed by atoms with van der Waals surface area (Å²) >= 11 is 0. The van der Waals surface area contributed by atoms with Crippen molar-refractivity contribution < 1.29 is 4.74 Å². The fourth-order valence-electron chi connectivity index (χ4n) is 3.57. The Kier molecular flexibility index (Phi) is 4.78. The zero-order valence-corrected chi connectivity index (χ0v) is 13.3. The van der Waals surface area contributed by atoms with Gasteiger partial charge in [0.2, 0.25) is 0 Å². The van der Waals surface area contributed by atoms with Gasteiger partial charge < -0.3 is 15.0 Å². The van der Waals surface area contributed by atoms with Gasteiger partial charge in [-0.05, 0) is 36.2 Å². The van der Waals surface area contributed by atoms with Crippen LogP contribution in [0.5, 0.6) is 5.75 Å². The van der Waals surface area contributed by atoms with E-state index in [-0.39, 0.29) is 0 Å². The van der Waals surface area contributed by atoms with Crippen LogP contribution in [0.2, 0.25) is 0 Å². The van der Waals surface area contributed by atoms with Gasteiger partial charge in [-0.1, -0.05) is 13.0 Å². The number of methoxy groups -OCH3 is 1. The molecule has 21 heavy (non-hydrogen) atoms. The number of hydrogen-bond acceptors (Lipinski definition) is 4. The van der Waals surface area contributed by atoms with E-state index in [0.717, 1.165) is 18.8 Å². The lowest BCUT2D eigenvalue weighted by atomic mass is 9.94. The van der Waals surface area contributed by atoms with E-state index in [0.29, 0.717) is 6.04 Å². The van der Waals surface area contributed by atoms with Crippen molar-refractivity contribution in [2.24, 2.45) is 0 Å². The van der Waals surface area contributed by atoms with Gasteiger partial charge in [0, 0.05) is 45.3 Å². The molecule has 0 bridgehead atoms. The Morgan fingerprint density at radius 2 is 2.05 bits per heavy atom. The van der Waals surface area contributed by atoms with Crippen LogP contribution in [0.25, 0.3) is 0 Å². The summed E-state index contributed by atoms with van der Waals surface area (Å²) in [5.41, 5.74) is 2.88. The summed E-state index contributed by atoms with van der Waals surface area (Å²) in [6.45, 7) is 10.3. The van der Waals surface area contributed by atoms with Crippen LogP contribution < -0.4 is 10.1 Å². The third-order valence-electron chi connectivity index (χ3n) is 4.75. The molecule has 0 saturated carbocycles. The van der Waals surface area contributed by atoms with Gasteiger partial charge in [-0.25, -0.2) is 0 Å².